The molecule has 1 fully saturated rings. The van der Waals surface area contributed by atoms with E-state index >= 15 is 0 Å². The van der Waals surface area contributed by atoms with Crippen molar-refractivity contribution in [3.63, 3.8) is 0 Å². The van der Waals surface area contributed by atoms with E-state index in [2.05, 4.69) is 5.32 Å². The van der Waals surface area contributed by atoms with E-state index in [4.69, 9.17) is 0 Å². The first kappa shape index (κ1) is 14.8. The zero-order valence-electron chi connectivity index (χ0n) is 12.7. The van der Waals surface area contributed by atoms with Crippen LogP contribution in [0, 0.1) is 13.8 Å². The van der Waals surface area contributed by atoms with Gasteiger partial charge >= 0.3 is 0 Å². The monoisotopic (exact) mass is 314 g/mol. The Bertz CT molecular complexity index is 736. The predicted molar refractivity (Wildman–Crippen MR) is 89.8 cm³/mol. The second-order valence-corrected chi connectivity index (χ2v) is 6.91. The molecule has 0 unspecified atom stereocenters. The Morgan fingerprint density at radius 3 is 2.68 bits per heavy atom. The summed E-state index contributed by atoms with van der Waals surface area (Å²) in [5.74, 6) is -0.00907. The molecule has 5 heteroatoms. The number of hydrogen-bond acceptors (Lipinski definition) is 3. The summed E-state index contributed by atoms with van der Waals surface area (Å²) in [4.78, 5) is 28.3. The number of para-hydroxylation sites is 2. The highest BCUT2D eigenvalue weighted by Crippen LogP contribution is 2.30. The van der Waals surface area contributed by atoms with Gasteiger partial charge in [0.1, 0.15) is 0 Å². The van der Waals surface area contributed by atoms with Crippen LogP contribution in [-0.4, -0.2) is 18.4 Å². The molecule has 3 rings (SSSR count). The Labute approximate surface area is 133 Å². The fraction of sp³-hybridized carbons (Fsp3) is 0.294. The zero-order chi connectivity index (χ0) is 15.7. The van der Waals surface area contributed by atoms with Gasteiger partial charge < -0.3 is 10.2 Å². The van der Waals surface area contributed by atoms with Crippen molar-refractivity contribution in [2.45, 2.75) is 26.7 Å². The Balaban J connectivity index is 1.88. The Hall–Kier alpha value is -2.14. The first-order chi connectivity index (χ1) is 10.6. The lowest BCUT2D eigenvalue weighted by molar-refractivity contribution is -0.117. The van der Waals surface area contributed by atoms with Crippen LogP contribution in [0.4, 0.5) is 11.4 Å². The summed E-state index contributed by atoms with van der Waals surface area (Å²) in [6.07, 6.45) is 1.44. The van der Waals surface area contributed by atoms with Crippen molar-refractivity contribution in [3.05, 3.63) is 45.6 Å². The third kappa shape index (κ3) is 2.76. The average molecular weight is 314 g/mol. The number of hydrogen-bond donors (Lipinski definition) is 1. The molecule has 0 saturated carbocycles. The third-order valence-electron chi connectivity index (χ3n) is 3.80. The van der Waals surface area contributed by atoms with Crippen molar-refractivity contribution < 1.29 is 9.59 Å². The SMILES string of the molecule is Cc1cc(C(=O)Nc2ccccc2N2CCCC2=O)c(C)s1. The van der Waals surface area contributed by atoms with Crippen molar-refractivity contribution in [2.75, 3.05) is 16.8 Å². The van der Waals surface area contributed by atoms with Crippen molar-refractivity contribution in [1.29, 1.82) is 0 Å². The molecule has 4 nitrogen and oxygen atoms in total. The van der Waals surface area contributed by atoms with Crippen LogP contribution in [0.2, 0.25) is 0 Å². The van der Waals surface area contributed by atoms with E-state index in [1.165, 1.54) is 0 Å². The van der Waals surface area contributed by atoms with Crippen molar-refractivity contribution in [1.82, 2.24) is 0 Å². The lowest BCUT2D eigenvalue weighted by Gasteiger charge is -2.19. The van der Waals surface area contributed by atoms with Crippen LogP contribution in [0.3, 0.4) is 0 Å². The molecule has 0 atom stereocenters. The number of nitrogens with zero attached hydrogens (tertiary/aromatic N) is 1. The molecule has 2 amide bonds. The Morgan fingerprint density at radius 1 is 1.27 bits per heavy atom. The molecule has 1 aliphatic rings. The minimum Gasteiger partial charge on any atom is -0.320 e. The van der Waals surface area contributed by atoms with Crippen molar-refractivity contribution in [3.8, 4) is 0 Å². The van der Waals surface area contributed by atoms with Crippen LogP contribution in [0.5, 0.6) is 0 Å². The number of benzene rings is 1. The molecule has 2 aromatic rings. The molecule has 1 N–H and O–H groups in total. The summed E-state index contributed by atoms with van der Waals surface area (Å²) in [7, 11) is 0. The largest absolute Gasteiger partial charge is 0.320 e. The molecular formula is C17H18N2O2S. The standard InChI is InChI=1S/C17H18N2O2S/c1-11-10-13(12(2)22-11)17(21)18-14-6-3-4-7-15(14)19-9-5-8-16(19)20/h3-4,6-7,10H,5,8-9H2,1-2H3,(H,18,21). The minimum absolute atomic E-state index is 0.115. The van der Waals surface area contributed by atoms with E-state index in [9.17, 15) is 9.59 Å². The maximum Gasteiger partial charge on any atom is 0.256 e. The van der Waals surface area contributed by atoms with Gasteiger partial charge in [0.05, 0.1) is 16.9 Å². The Morgan fingerprint density at radius 2 is 2.05 bits per heavy atom. The summed E-state index contributed by atoms with van der Waals surface area (Å²) in [5, 5.41) is 2.95. The fourth-order valence-corrected chi connectivity index (χ4v) is 3.68. The van der Waals surface area contributed by atoms with Gasteiger partial charge in [0, 0.05) is 22.7 Å². The zero-order valence-corrected chi connectivity index (χ0v) is 13.5. The van der Waals surface area contributed by atoms with Crippen LogP contribution in [0.15, 0.2) is 30.3 Å². The summed E-state index contributed by atoms with van der Waals surface area (Å²) in [5.41, 5.74) is 2.17. The van der Waals surface area contributed by atoms with Crippen LogP contribution in [-0.2, 0) is 4.79 Å². The molecule has 114 valence electrons. The molecule has 1 saturated heterocycles. The minimum atomic E-state index is -0.124. The van der Waals surface area contributed by atoms with Gasteiger partial charge in [-0.2, -0.15) is 0 Å². The number of aryl methyl sites for hydroxylation is 2. The molecule has 1 aliphatic heterocycles. The maximum absolute atomic E-state index is 12.5. The second kappa shape index (κ2) is 5.93. The number of carbonyl (C=O) groups is 2. The summed E-state index contributed by atoms with van der Waals surface area (Å²) in [6.45, 7) is 4.65. The number of carbonyl (C=O) groups excluding carboxylic acids is 2. The lowest BCUT2D eigenvalue weighted by atomic mass is 10.2. The quantitative estimate of drug-likeness (QED) is 0.938. The molecule has 0 bridgehead atoms. The van der Waals surface area contributed by atoms with Gasteiger partial charge in [0.25, 0.3) is 5.91 Å². The molecule has 0 radical (unpaired) electrons. The molecule has 1 aromatic carbocycles. The van der Waals surface area contributed by atoms with Gasteiger partial charge in [-0.15, -0.1) is 11.3 Å². The van der Waals surface area contributed by atoms with Crippen molar-refractivity contribution >= 4 is 34.5 Å². The molecule has 1 aromatic heterocycles. The smallest absolute Gasteiger partial charge is 0.256 e. The first-order valence-corrected chi connectivity index (χ1v) is 8.15. The van der Waals surface area contributed by atoms with E-state index in [1.54, 1.807) is 16.2 Å². The van der Waals surface area contributed by atoms with Gasteiger partial charge in [0.2, 0.25) is 5.91 Å². The van der Waals surface area contributed by atoms with E-state index in [-0.39, 0.29) is 11.8 Å². The van der Waals surface area contributed by atoms with E-state index in [1.807, 2.05) is 44.2 Å². The predicted octanol–water partition coefficient (Wildman–Crippen LogP) is 3.74. The lowest BCUT2D eigenvalue weighted by Crippen LogP contribution is -2.25. The number of thiophene rings is 1. The van der Waals surface area contributed by atoms with Gasteiger partial charge in [0.15, 0.2) is 0 Å². The fourth-order valence-electron chi connectivity index (χ4n) is 2.76. The summed E-state index contributed by atoms with van der Waals surface area (Å²) in [6, 6.07) is 9.37. The van der Waals surface area contributed by atoms with Gasteiger partial charge in [-0.05, 0) is 38.5 Å². The van der Waals surface area contributed by atoms with Crippen molar-refractivity contribution in [2.24, 2.45) is 0 Å². The average Bonchev–Trinajstić information content (AvgIpc) is 3.05. The molecule has 2 heterocycles. The van der Waals surface area contributed by atoms with Crippen LogP contribution in [0.1, 0.15) is 33.0 Å². The third-order valence-corrected chi connectivity index (χ3v) is 4.77. The van der Waals surface area contributed by atoms with Gasteiger partial charge in [-0.25, -0.2) is 0 Å². The van der Waals surface area contributed by atoms with Gasteiger partial charge in [-0.1, -0.05) is 12.1 Å². The second-order valence-electron chi connectivity index (χ2n) is 5.45. The maximum atomic E-state index is 12.5. The highest BCUT2D eigenvalue weighted by Gasteiger charge is 2.24. The van der Waals surface area contributed by atoms with Gasteiger partial charge in [-0.3, -0.25) is 9.59 Å². The topological polar surface area (TPSA) is 49.4 Å². The number of nitrogens with one attached hydrogen (secondary N) is 1. The highest BCUT2D eigenvalue weighted by atomic mass is 32.1. The molecule has 22 heavy (non-hydrogen) atoms. The number of amides is 2. The van der Waals surface area contributed by atoms with Crippen LogP contribution in [0.25, 0.3) is 0 Å². The van der Waals surface area contributed by atoms with Crippen LogP contribution < -0.4 is 10.2 Å². The highest BCUT2D eigenvalue weighted by molar-refractivity contribution is 7.12. The van der Waals surface area contributed by atoms with E-state index < -0.39 is 0 Å². The number of rotatable bonds is 3. The normalized spacial score (nSPS) is 14.5. The first-order valence-electron chi connectivity index (χ1n) is 7.34. The summed E-state index contributed by atoms with van der Waals surface area (Å²) < 4.78 is 0. The molecule has 0 aliphatic carbocycles. The van der Waals surface area contributed by atoms with E-state index in [0.29, 0.717) is 24.2 Å². The number of anilines is 2. The molecular weight excluding hydrogens is 296 g/mol. The van der Waals surface area contributed by atoms with Crippen LogP contribution >= 0.6 is 11.3 Å². The Kier molecular flexibility index (Phi) is 3.98. The van der Waals surface area contributed by atoms with E-state index in [0.717, 1.165) is 21.9 Å². The summed E-state index contributed by atoms with van der Waals surface area (Å²) >= 11 is 1.61. The molecule has 0 spiro atoms.